The van der Waals surface area contributed by atoms with Gasteiger partial charge in [0.15, 0.2) is 0 Å². The SMILES string of the molecule is CNC(=O)[C@H]1CN(Cc2ccccc2)CCN1CC(=O)NC(c1ccccc1)c1ccccc1. The number of nitrogens with zero attached hydrogens (tertiary/aromatic N) is 2. The van der Waals surface area contributed by atoms with Crippen molar-refractivity contribution in [1.29, 1.82) is 0 Å². The first-order chi connectivity index (χ1) is 16.6. The van der Waals surface area contributed by atoms with E-state index in [0.29, 0.717) is 13.1 Å². The van der Waals surface area contributed by atoms with Crippen molar-refractivity contribution in [3.05, 3.63) is 108 Å². The van der Waals surface area contributed by atoms with Crippen molar-refractivity contribution in [3.8, 4) is 0 Å². The van der Waals surface area contributed by atoms with Crippen LogP contribution in [0, 0.1) is 0 Å². The first-order valence-electron chi connectivity index (χ1n) is 11.7. The Labute approximate surface area is 201 Å². The summed E-state index contributed by atoms with van der Waals surface area (Å²) in [6, 6.07) is 29.6. The smallest absolute Gasteiger partial charge is 0.238 e. The van der Waals surface area contributed by atoms with Crippen LogP contribution >= 0.6 is 0 Å². The fourth-order valence-corrected chi connectivity index (χ4v) is 4.51. The van der Waals surface area contributed by atoms with Crippen molar-refractivity contribution in [2.24, 2.45) is 0 Å². The molecule has 1 fully saturated rings. The molecule has 3 aromatic rings. The fraction of sp³-hybridized carbons (Fsp3) is 0.286. The number of carbonyl (C=O) groups is 2. The third kappa shape index (κ3) is 6.10. The number of hydrogen-bond donors (Lipinski definition) is 2. The minimum atomic E-state index is -0.375. The Morgan fingerprint density at radius 3 is 1.97 bits per heavy atom. The van der Waals surface area contributed by atoms with Gasteiger partial charge in [-0.15, -0.1) is 0 Å². The zero-order chi connectivity index (χ0) is 23.8. The average molecular weight is 457 g/mol. The van der Waals surface area contributed by atoms with E-state index in [9.17, 15) is 9.59 Å². The van der Waals surface area contributed by atoms with Gasteiger partial charge in [-0.2, -0.15) is 0 Å². The van der Waals surface area contributed by atoms with Crippen molar-refractivity contribution < 1.29 is 9.59 Å². The molecule has 4 rings (SSSR count). The molecule has 1 saturated heterocycles. The van der Waals surface area contributed by atoms with Gasteiger partial charge in [0, 0.05) is 33.2 Å². The van der Waals surface area contributed by atoms with Crippen LogP contribution in [0.25, 0.3) is 0 Å². The summed E-state index contributed by atoms with van der Waals surface area (Å²) in [5, 5.41) is 5.98. The van der Waals surface area contributed by atoms with Crippen LogP contribution in [0.15, 0.2) is 91.0 Å². The number of rotatable bonds is 8. The fourth-order valence-electron chi connectivity index (χ4n) is 4.51. The highest BCUT2D eigenvalue weighted by molar-refractivity contribution is 5.84. The minimum Gasteiger partial charge on any atom is -0.358 e. The van der Waals surface area contributed by atoms with Crippen LogP contribution in [0.1, 0.15) is 22.7 Å². The molecule has 6 nitrogen and oxygen atoms in total. The normalized spacial score (nSPS) is 16.8. The summed E-state index contributed by atoms with van der Waals surface area (Å²) < 4.78 is 0. The van der Waals surface area contributed by atoms with Gasteiger partial charge in [0.05, 0.1) is 12.6 Å². The monoisotopic (exact) mass is 456 g/mol. The summed E-state index contributed by atoms with van der Waals surface area (Å²) >= 11 is 0. The summed E-state index contributed by atoms with van der Waals surface area (Å²) in [5.41, 5.74) is 3.27. The Morgan fingerprint density at radius 1 is 0.853 bits per heavy atom. The van der Waals surface area contributed by atoms with Crippen molar-refractivity contribution in [3.63, 3.8) is 0 Å². The van der Waals surface area contributed by atoms with Crippen LogP contribution in [0.2, 0.25) is 0 Å². The second-order valence-electron chi connectivity index (χ2n) is 8.64. The van der Waals surface area contributed by atoms with Gasteiger partial charge < -0.3 is 10.6 Å². The summed E-state index contributed by atoms with van der Waals surface area (Å²) in [6.45, 7) is 3.00. The van der Waals surface area contributed by atoms with Gasteiger partial charge in [-0.25, -0.2) is 0 Å². The summed E-state index contributed by atoms with van der Waals surface area (Å²) in [6.07, 6.45) is 0. The quantitative estimate of drug-likeness (QED) is 0.547. The predicted molar refractivity (Wildman–Crippen MR) is 134 cm³/mol. The second kappa shape index (κ2) is 11.6. The highest BCUT2D eigenvalue weighted by Crippen LogP contribution is 2.22. The van der Waals surface area contributed by atoms with E-state index in [4.69, 9.17) is 0 Å². The van der Waals surface area contributed by atoms with Gasteiger partial charge in [0.25, 0.3) is 0 Å². The number of nitrogens with one attached hydrogen (secondary N) is 2. The molecule has 1 aliphatic heterocycles. The molecule has 0 radical (unpaired) electrons. The van der Waals surface area contributed by atoms with Crippen molar-refractivity contribution in [1.82, 2.24) is 20.4 Å². The molecular formula is C28H32N4O2. The molecule has 2 N–H and O–H groups in total. The Hall–Kier alpha value is -3.48. The number of benzene rings is 3. The van der Waals surface area contributed by atoms with E-state index in [1.807, 2.05) is 83.8 Å². The molecule has 34 heavy (non-hydrogen) atoms. The molecular weight excluding hydrogens is 424 g/mol. The molecule has 0 unspecified atom stereocenters. The average Bonchev–Trinajstić information content (AvgIpc) is 2.89. The van der Waals surface area contributed by atoms with Gasteiger partial charge in [-0.05, 0) is 16.7 Å². The lowest BCUT2D eigenvalue weighted by atomic mass is 9.98. The number of hydrogen-bond acceptors (Lipinski definition) is 4. The molecule has 3 aromatic carbocycles. The highest BCUT2D eigenvalue weighted by Gasteiger charge is 2.33. The first kappa shape index (κ1) is 23.7. The van der Waals surface area contributed by atoms with E-state index in [1.54, 1.807) is 7.05 Å². The molecule has 2 amide bonds. The molecule has 0 aromatic heterocycles. The standard InChI is InChI=1S/C28H32N4O2/c1-29-28(34)25-20-31(19-22-11-5-2-6-12-22)17-18-32(25)21-26(33)30-27(23-13-7-3-8-14-23)24-15-9-4-10-16-24/h2-16,25,27H,17-21H2,1H3,(H,29,34)(H,30,33)/t25-/m1/s1. The molecule has 1 atom stereocenters. The van der Waals surface area contributed by atoms with Crippen molar-refractivity contribution in [2.75, 3.05) is 33.2 Å². The first-order valence-corrected chi connectivity index (χ1v) is 11.7. The lowest BCUT2D eigenvalue weighted by molar-refractivity contribution is -0.131. The summed E-state index contributed by atoms with van der Waals surface area (Å²) in [7, 11) is 1.65. The number of piperazine rings is 1. The Morgan fingerprint density at radius 2 is 1.41 bits per heavy atom. The summed E-state index contributed by atoms with van der Waals surface area (Å²) in [4.78, 5) is 30.2. The van der Waals surface area contributed by atoms with E-state index in [0.717, 1.165) is 24.2 Å². The minimum absolute atomic E-state index is 0.0618. The molecule has 1 aliphatic rings. The third-order valence-corrected chi connectivity index (χ3v) is 6.29. The largest absolute Gasteiger partial charge is 0.358 e. The molecule has 6 heteroatoms. The predicted octanol–water partition coefficient (Wildman–Crippen LogP) is 2.82. The molecule has 176 valence electrons. The number of likely N-dealkylation sites (N-methyl/N-ethyl adjacent to an activating group) is 1. The van der Waals surface area contributed by atoms with E-state index in [-0.39, 0.29) is 30.4 Å². The highest BCUT2D eigenvalue weighted by atomic mass is 16.2. The van der Waals surface area contributed by atoms with Gasteiger partial charge in [0.1, 0.15) is 6.04 Å². The zero-order valence-electron chi connectivity index (χ0n) is 19.6. The molecule has 1 heterocycles. The number of carbonyl (C=O) groups excluding carboxylic acids is 2. The lowest BCUT2D eigenvalue weighted by Gasteiger charge is -2.40. The van der Waals surface area contributed by atoms with E-state index >= 15 is 0 Å². The Kier molecular flexibility index (Phi) is 8.07. The molecule has 0 bridgehead atoms. The molecule has 0 saturated carbocycles. The number of amides is 2. The van der Waals surface area contributed by atoms with Crippen molar-refractivity contribution >= 4 is 11.8 Å². The maximum atomic E-state index is 13.2. The maximum absolute atomic E-state index is 13.2. The third-order valence-electron chi connectivity index (χ3n) is 6.29. The molecule has 0 aliphatic carbocycles. The summed E-state index contributed by atoms with van der Waals surface area (Å²) in [5.74, 6) is -0.156. The molecule has 0 spiro atoms. The topological polar surface area (TPSA) is 64.7 Å². The Bertz CT molecular complexity index is 1020. The van der Waals surface area contributed by atoms with Gasteiger partial charge in [0.2, 0.25) is 11.8 Å². The van der Waals surface area contributed by atoms with Crippen LogP contribution < -0.4 is 10.6 Å². The van der Waals surface area contributed by atoms with Crippen LogP contribution in [-0.2, 0) is 16.1 Å². The van der Waals surface area contributed by atoms with Gasteiger partial charge >= 0.3 is 0 Å². The maximum Gasteiger partial charge on any atom is 0.238 e. The van der Waals surface area contributed by atoms with Crippen LogP contribution in [0.3, 0.4) is 0 Å². The Balaban J connectivity index is 1.44. The second-order valence-corrected chi connectivity index (χ2v) is 8.64. The van der Waals surface area contributed by atoms with Crippen LogP contribution in [0.5, 0.6) is 0 Å². The van der Waals surface area contributed by atoms with E-state index < -0.39 is 0 Å². The van der Waals surface area contributed by atoms with Gasteiger partial charge in [-0.3, -0.25) is 19.4 Å². The van der Waals surface area contributed by atoms with E-state index in [2.05, 4.69) is 27.7 Å². The van der Waals surface area contributed by atoms with Crippen LogP contribution in [0.4, 0.5) is 0 Å². The van der Waals surface area contributed by atoms with Gasteiger partial charge in [-0.1, -0.05) is 91.0 Å². The van der Waals surface area contributed by atoms with Crippen molar-refractivity contribution in [2.45, 2.75) is 18.6 Å². The zero-order valence-corrected chi connectivity index (χ0v) is 19.6. The van der Waals surface area contributed by atoms with Crippen LogP contribution in [-0.4, -0.2) is 60.9 Å². The van der Waals surface area contributed by atoms with E-state index in [1.165, 1.54) is 5.56 Å². The lowest BCUT2D eigenvalue weighted by Crippen LogP contribution is -2.60.